The molecule has 3 aromatic carbocycles. The van der Waals surface area contributed by atoms with Crippen LogP contribution in [0.3, 0.4) is 0 Å². The van der Waals surface area contributed by atoms with Gasteiger partial charge >= 0.3 is 0 Å². The SMILES string of the molecule is CN(C1CCCCC1)S(=O)(=O)c1cc([N+](=O)[O-])ccc1N/N=C\c1ccc(N2CCN(Cc3ccc4c(c3)OCO4)CC2)c([N+](=O)[O-])c1. The molecule has 1 saturated carbocycles. The minimum absolute atomic E-state index is 0.0595. The fourth-order valence-corrected chi connectivity index (χ4v) is 7.96. The van der Waals surface area contributed by atoms with E-state index in [1.165, 1.54) is 35.8 Å². The second kappa shape index (κ2) is 14.1. The first-order valence-electron chi connectivity index (χ1n) is 15.8. The smallest absolute Gasteiger partial charge is 0.293 e. The highest BCUT2D eigenvalue weighted by Crippen LogP contribution is 2.35. The number of nitrogens with zero attached hydrogens (tertiary/aromatic N) is 6. The van der Waals surface area contributed by atoms with Crippen LogP contribution in [0.5, 0.6) is 11.5 Å². The number of nitro benzene ring substituents is 2. The van der Waals surface area contributed by atoms with Gasteiger partial charge in [0.05, 0.1) is 21.7 Å². The van der Waals surface area contributed by atoms with Gasteiger partial charge < -0.3 is 14.4 Å². The van der Waals surface area contributed by atoms with Crippen LogP contribution in [-0.4, -0.2) is 79.7 Å². The number of nitro groups is 2. The number of fused-ring (bicyclic) bond motifs is 1. The molecule has 1 N–H and O–H groups in total. The molecule has 2 fully saturated rings. The molecule has 16 heteroatoms. The number of nitrogens with one attached hydrogen (secondary N) is 1. The first-order valence-corrected chi connectivity index (χ1v) is 17.2. The van der Waals surface area contributed by atoms with Crippen molar-refractivity contribution in [3.63, 3.8) is 0 Å². The quantitative estimate of drug-likeness (QED) is 0.165. The normalized spacial score (nSPS) is 17.2. The van der Waals surface area contributed by atoms with Crippen molar-refractivity contribution in [3.8, 4) is 11.5 Å². The van der Waals surface area contributed by atoms with E-state index in [0.717, 1.165) is 74.9 Å². The average molecular weight is 680 g/mol. The molecule has 2 aliphatic heterocycles. The Labute approximate surface area is 278 Å². The van der Waals surface area contributed by atoms with E-state index in [1.54, 1.807) is 12.1 Å². The number of benzene rings is 3. The lowest BCUT2D eigenvalue weighted by Gasteiger charge is -2.35. The Bertz CT molecular complexity index is 1820. The van der Waals surface area contributed by atoms with Crippen LogP contribution in [0, 0.1) is 20.2 Å². The number of sulfonamides is 1. The van der Waals surface area contributed by atoms with Crippen molar-refractivity contribution < 1.29 is 27.7 Å². The second-order valence-corrected chi connectivity index (χ2v) is 14.0. The molecule has 15 nitrogen and oxygen atoms in total. The molecule has 0 aromatic heterocycles. The van der Waals surface area contributed by atoms with Gasteiger partial charge in [0, 0.05) is 69.6 Å². The zero-order valence-electron chi connectivity index (χ0n) is 26.5. The first kappa shape index (κ1) is 33.1. The van der Waals surface area contributed by atoms with E-state index in [0.29, 0.717) is 24.3 Å². The number of ether oxygens (including phenoxy) is 2. The van der Waals surface area contributed by atoms with Gasteiger partial charge in [0.2, 0.25) is 16.8 Å². The molecule has 1 saturated heterocycles. The van der Waals surface area contributed by atoms with Gasteiger partial charge in [-0.1, -0.05) is 31.4 Å². The topological polar surface area (TPSA) is 173 Å². The maximum atomic E-state index is 13.6. The van der Waals surface area contributed by atoms with Gasteiger partial charge in [0.15, 0.2) is 11.5 Å². The van der Waals surface area contributed by atoms with Crippen molar-refractivity contribution in [1.29, 1.82) is 0 Å². The summed E-state index contributed by atoms with van der Waals surface area (Å²) in [5.41, 5.74) is 4.35. The van der Waals surface area contributed by atoms with E-state index >= 15 is 0 Å². The van der Waals surface area contributed by atoms with Crippen LogP contribution in [-0.2, 0) is 16.6 Å². The summed E-state index contributed by atoms with van der Waals surface area (Å²) in [4.78, 5) is 26.5. The Morgan fingerprint density at radius 1 is 0.938 bits per heavy atom. The van der Waals surface area contributed by atoms with Crippen LogP contribution in [0.15, 0.2) is 64.6 Å². The molecule has 0 radical (unpaired) electrons. The maximum Gasteiger partial charge on any atom is 0.293 e. The molecule has 0 amide bonds. The summed E-state index contributed by atoms with van der Waals surface area (Å²) in [6, 6.07) is 14.0. The summed E-state index contributed by atoms with van der Waals surface area (Å²) in [6.07, 6.45) is 5.66. The van der Waals surface area contributed by atoms with E-state index in [4.69, 9.17) is 9.47 Å². The number of rotatable bonds is 11. The third kappa shape index (κ3) is 7.19. The highest BCUT2D eigenvalue weighted by molar-refractivity contribution is 7.89. The van der Waals surface area contributed by atoms with E-state index in [9.17, 15) is 28.6 Å². The lowest BCUT2D eigenvalue weighted by molar-refractivity contribution is -0.385. The van der Waals surface area contributed by atoms with Gasteiger partial charge in [-0.2, -0.15) is 9.41 Å². The standard InChI is InChI=1S/C32H37N7O8S/c1-35(25-5-3-2-4-6-25)48(44,45)32-19-26(38(40)41)9-10-27(32)34-33-20-23-7-11-28(29(17-23)39(42)43)37-15-13-36(14-16-37)21-24-8-12-30-31(18-24)47-22-46-30/h7-12,17-20,25,34H,2-6,13-16,21-22H2,1H3/b33-20-. The number of anilines is 2. The highest BCUT2D eigenvalue weighted by Gasteiger charge is 2.32. The second-order valence-electron chi connectivity index (χ2n) is 12.1. The van der Waals surface area contributed by atoms with Crippen LogP contribution >= 0.6 is 0 Å². The number of hydrogen-bond donors (Lipinski definition) is 1. The summed E-state index contributed by atoms with van der Waals surface area (Å²) in [5, 5.41) is 27.8. The molecule has 2 heterocycles. The van der Waals surface area contributed by atoms with Gasteiger partial charge in [-0.05, 0) is 42.7 Å². The zero-order valence-corrected chi connectivity index (χ0v) is 27.3. The summed E-state index contributed by atoms with van der Waals surface area (Å²) in [5.74, 6) is 1.47. The molecule has 0 atom stereocenters. The van der Waals surface area contributed by atoms with Crippen LogP contribution < -0.4 is 19.8 Å². The zero-order chi connectivity index (χ0) is 33.8. The number of hydrogen-bond acceptors (Lipinski definition) is 12. The predicted molar refractivity (Wildman–Crippen MR) is 179 cm³/mol. The molecule has 0 spiro atoms. The van der Waals surface area contributed by atoms with E-state index in [1.807, 2.05) is 23.1 Å². The summed E-state index contributed by atoms with van der Waals surface area (Å²) >= 11 is 0. The van der Waals surface area contributed by atoms with Crippen molar-refractivity contribution in [2.45, 2.75) is 49.6 Å². The van der Waals surface area contributed by atoms with Crippen molar-refractivity contribution in [3.05, 3.63) is 86.0 Å². The minimum atomic E-state index is -4.10. The molecule has 3 aliphatic rings. The third-order valence-electron chi connectivity index (χ3n) is 9.07. The van der Waals surface area contributed by atoms with Crippen molar-refractivity contribution in [2.24, 2.45) is 5.10 Å². The predicted octanol–water partition coefficient (Wildman–Crippen LogP) is 4.95. The van der Waals surface area contributed by atoms with Gasteiger partial charge in [-0.25, -0.2) is 8.42 Å². The minimum Gasteiger partial charge on any atom is -0.454 e. The maximum absolute atomic E-state index is 13.6. The van der Waals surface area contributed by atoms with E-state index < -0.39 is 19.9 Å². The van der Waals surface area contributed by atoms with Crippen molar-refractivity contribution in [1.82, 2.24) is 9.21 Å². The fraction of sp³-hybridized carbons (Fsp3) is 0.406. The molecule has 0 unspecified atom stereocenters. The third-order valence-corrected chi connectivity index (χ3v) is 11.0. The van der Waals surface area contributed by atoms with Gasteiger partial charge in [-0.15, -0.1) is 0 Å². The molecule has 6 rings (SSSR count). The number of piperazine rings is 1. The fourth-order valence-electron chi connectivity index (χ4n) is 6.38. The molecule has 3 aromatic rings. The largest absolute Gasteiger partial charge is 0.454 e. The van der Waals surface area contributed by atoms with Crippen LogP contribution in [0.4, 0.5) is 22.7 Å². The number of hydrazone groups is 1. The molecule has 254 valence electrons. The van der Waals surface area contributed by atoms with Crippen LogP contribution in [0.2, 0.25) is 0 Å². The lowest BCUT2D eigenvalue weighted by Crippen LogP contribution is -2.46. The molecular formula is C32H37N7O8S. The average Bonchev–Trinajstić information content (AvgIpc) is 3.57. The molecule has 1 aliphatic carbocycles. The van der Waals surface area contributed by atoms with Gasteiger partial charge in [-0.3, -0.25) is 30.6 Å². The summed E-state index contributed by atoms with van der Waals surface area (Å²) < 4.78 is 39.4. The van der Waals surface area contributed by atoms with Crippen LogP contribution in [0.1, 0.15) is 43.2 Å². The van der Waals surface area contributed by atoms with Gasteiger partial charge in [0.25, 0.3) is 11.4 Å². The summed E-state index contributed by atoms with van der Waals surface area (Å²) in [7, 11) is -2.60. The Morgan fingerprint density at radius 3 is 2.42 bits per heavy atom. The Hall–Kier alpha value is -4.80. The monoisotopic (exact) mass is 679 g/mol. The first-order chi connectivity index (χ1) is 23.1. The molecule has 0 bridgehead atoms. The summed E-state index contributed by atoms with van der Waals surface area (Å²) in [6.45, 7) is 3.59. The molecule has 48 heavy (non-hydrogen) atoms. The Balaban J connectivity index is 1.14. The van der Waals surface area contributed by atoms with Crippen LogP contribution in [0.25, 0.3) is 0 Å². The lowest BCUT2D eigenvalue weighted by atomic mass is 9.96. The van der Waals surface area contributed by atoms with Crippen molar-refractivity contribution >= 4 is 39.0 Å². The number of non-ortho nitro benzene ring substituents is 1. The van der Waals surface area contributed by atoms with Gasteiger partial charge in [0.1, 0.15) is 10.6 Å². The Kier molecular flexibility index (Phi) is 9.75. The Morgan fingerprint density at radius 2 is 1.69 bits per heavy atom. The van der Waals surface area contributed by atoms with E-state index in [2.05, 4.69) is 15.4 Å². The van der Waals surface area contributed by atoms with E-state index in [-0.39, 0.29) is 34.8 Å². The van der Waals surface area contributed by atoms with Crippen molar-refractivity contribution in [2.75, 3.05) is 50.3 Å². The highest BCUT2D eigenvalue weighted by atomic mass is 32.2. The molecular weight excluding hydrogens is 642 g/mol.